The van der Waals surface area contributed by atoms with Crippen molar-refractivity contribution in [2.75, 3.05) is 32.9 Å². The molecule has 1 heterocycles. The predicted octanol–water partition coefficient (Wildman–Crippen LogP) is 2.89. The molecule has 0 saturated carbocycles. The number of ether oxygens (including phenoxy) is 2. The molecule has 1 fully saturated rings. The van der Waals surface area contributed by atoms with Gasteiger partial charge < -0.3 is 14.4 Å². The minimum absolute atomic E-state index is 0.00454. The van der Waals surface area contributed by atoms with E-state index in [2.05, 4.69) is 4.99 Å². The van der Waals surface area contributed by atoms with Crippen LogP contribution in [0.25, 0.3) is 0 Å². The minimum atomic E-state index is -0.428. The second-order valence-electron chi connectivity index (χ2n) is 6.34. The zero-order valence-electron chi connectivity index (χ0n) is 15.5. The van der Waals surface area contributed by atoms with Gasteiger partial charge in [-0.25, -0.2) is 0 Å². The number of carbonyl (C=O) groups excluding carboxylic acids is 1. The SMILES string of the molecule is Cc1cc([N+](=O)[O-])ccc1N=Cc1ccc(OCC(=O)N2CCOCC2)cc1. The van der Waals surface area contributed by atoms with E-state index in [1.54, 1.807) is 36.2 Å². The molecule has 0 bridgehead atoms. The number of carbonyl (C=O) groups is 1. The lowest BCUT2D eigenvalue weighted by molar-refractivity contribution is -0.384. The molecular formula is C20H21N3O5. The van der Waals surface area contributed by atoms with E-state index in [-0.39, 0.29) is 18.2 Å². The van der Waals surface area contributed by atoms with Crippen molar-refractivity contribution in [2.45, 2.75) is 6.92 Å². The monoisotopic (exact) mass is 383 g/mol. The fraction of sp³-hybridized carbons (Fsp3) is 0.300. The molecule has 0 aromatic heterocycles. The molecule has 1 amide bonds. The molecule has 1 saturated heterocycles. The van der Waals surface area contributed by atoms with Crippen LogP contribution in [0.2, 0.25) is 0 Å². The van der Waals surface area contributed by atoms with Crippen LogP contribution in [0.15, 0.2) is 47.5 Å². The average molecular weight is 383 g/mol. The molecule has 0 unspecified atom stereocenters. The number of aryl methyl sites for hydroxylation is 1. The van der Waals surface area contributed by atoms with Crippen LogP contribution in [0.4, 0.5) is 11.4 Å². The maximum atomic E-state index is 12.1. The molecule has 1 aliphatic heterocycles. The van der Waals surface area contributed by atoms with Crippen LogP contribution in [0.5, 0.6) is 5.75 Å². The summed E-state index contributed by atoms with van der Waals surface area (Å²) in [5.74, 6) is 0.549. The predicted molar refractivity (Wildman–Crippen MR) is 104 cm³/mol. The van der Waals surface area contributed by atoms with Gasteiger partial charge in [-0.05, 0) is 48.4 Å². The van der Waals surface area contributed by atoms with Gasteiger partial charge in [-0.1, -0.05) is 0 Å². The smallest absolute Gasteiger partial charge is 0.269 e. The minimum Gasteiger partial charge on any atom is -0.484 e. The van der Waals surface area contributed by atoms with E-state index in [1.165, 1.54) is 12.1 Å². The number of non-ortho nitro benzene ring substituents is 1. The Labute approximate surface area is 162 Å². The highest BCUT2D eigenvalue weighted by Crippen LogP contribution is 2.23. The molecule has 2 aromatic carbocycles. The molecule has 146 valence electrons. The Balaban J connectivity index is 1.56. The van der Waals surface area contributed by atoms with Gasteiger partial charge in [-0.15, -0.1) is 0 Å². The Morgan fingerprint density at radius 1 is 1.25 bits per heavy atom. The van der Waals surface area contributed by atoms with Crippen LogP contribution >= 0.6 is 0 Å². The lowest BCUT2D eigenvalue weighted by Crippen LogP contribution is -2.42. The Morgan fingerprint density at radius 2 is 1.96 bits per heavy atom. The quantitative estimate of drug-likeness (QED) is 0.434. The van der Waals surface area contributed by atoms with Crippen molar-refractivity contribution in [3.8, 4) is 5.75 Å². The van der Waals surface area contributed by atoms with Crippen molar-refractivity contribution in [1.82, 2.24) is 4.90 Å². The first-order chi connectivity index (χ1) is 13.5. The summed E-state index contributed by atoms with van der Waals surface area (Å²) in [6.07, 6.45) is 1.68. The Kier molecular flexibility index (Phi) is 6.33. The fourth-order valence-corrected chi connectivity index (χ4v) is 2.74. The second-order valence-corrected chi connectivity index (χ2v) is 6.34. The van der Waals surface area contributed by atoms with Gasteiger partial charge in [0, 0.05) is 31.4 Å². The summed E-state index contributed by atoms with van der Waals surface area (Å²) in [6.45, 7) is 4.10. The highest BCUT2D eigenvalue weighted by Gasteiger charge is 2.17. The summed E-state index contributed by atoms with van der Waals surface area (Å²) < 4.78 is 10.8. The van der Waals surface area contributed by atoms with Crippen LogP contribution in [-0.2, 0) is 9.53 Å². The third-order valence-electron chi connectivity index (χ3n) is 4.35. The van der Waals surface area contributed by atoms with Crippen molar-refractivity contribution in [2.24, 2.45) is 4.99 Å². The number of amides is 1. The number of nitro groups is 1. The third-order valence-corrected chi connectivity index (χ3v) is 4.35. The van der Waals surface area contributed by atoms with Crippen molar-refractivity contribution in [3.63, 3.8) is 0 Å². The molecule has 0 atom stereocenters. The van der Waals surface area contributed by atoms with E-state index >= 15 is 0 Å². The normalized spacial score (nSPS) is 14.2. The van der Waals surface area contributed by atoms with Crippen LogP contribution in [0.1, 0.15) is 11.1 Å². The molecule has 0 aliphatic carbocycles. The van der Waals surface area contributed by atoms with Crippen LogP contribution in [0.3, 0.4) is 0 Å². The number of nitrogens with zero attached hydrogens (tertiary/aromatic N) is 3. The fourth-order valence-electron chi connectivity index (χ4n) is 2.74. The van der Waals surface area contributed by atoms with E-state index < -0.39 is 4.92 Å². The highest BCUT2D eigenvalue weighted by molar-refractivity contribution is 5.82. The standard InChI is InChI=1S/C20H21N3O5/c1-15-12-17(23(25)26)4-7-19(15)21-13-16-2-5-18(6-3-16)28-14-20(24)22-8-10-27-11-9-22/h2-7,12-13H,8-11,14H2,1H3. The lowest BCUT2D eigenvalue weighted by atomic mass is 10.2. The van der Waals surface area contributed by atoms with E-state index in [0.717, 1.165) is 11.1 Å². The van der Waals surface area contributed by atoms with Gasteiger partial charge >= 0.3 is 0 Å². The van der Waals surface area contributed by atoms with Crippen molar-refractivity contribution in [3.05, 3.63) is 63.7 Å². The van der Waals surface area contributed by atoms with E-state index in [9.17, 15) is 14.9 Å². The Bertz CT molecular complexity index is 874. The first-order valence-electron chi connectivity index (χ1n) is 8.90. The number of hydrogen-bond acceptors (Lipinski definition) is 6. The van der Waals surface area contributed by atoms with E-state index in [4.69, 9.17) is 9.47 Å². The van der Waals surface area contributed by atoms with E-state index in [1.807, 2.05) is 12.1 Å². The largest absolute Gasteiger partial charge is 0.484 e. The van der Waals surface area contributed by atoms with Crippen LogP contribution in [0, 0.1) is 17.0 Å². The molecule has 0 spiro atoms. The molecule has 2 aromatic rings. The molecular weight excluding hydrogens is 362 g/mol. The number of rotatable bonds is 6. The first kappa shape index (κ1) is 19.5. The number of morpholine rings is 1. The molecule has 28 heavy (non-hydrogen) atoms. The third kappa shape index (κ3) is 5.14. The maximum Gasteiger partial charge on any atom is 0.269 e. The molecule has 0 radical (unpaired) electrons. The lowest BCUT2D eigenvalue weighted by Gasteiger charge is -2.26. The van der Waals surface area contributed by atoms with Gasteiger partial charge in [0.2, 0.25) is 0 Å². The van der Waals surface area contributed by atoms with Crippen molar-refractivity contribution >= 4 is 23.5 Å². The van der Waals surface area contributed by atoms with Gasteiger partial charge in [0.15, 0.2) is 6.61 Å². The van der Waals surface area contributed by atoms with Crippen LogP contribution in [-0.4, -0.2) is 54.9 Å². The number of hydrogen-bond donors (Lipinski definition) is 0. The summed E-state index contributed by atoms with van der Waals surface area (Å²) >= 11 is 0. The van der Waals surface area contributed by atoms with Crippen molar-refractivity contribution < 1.29 is 19.2 Å². The zero-order valence-corrected chi connectivity index (χ0v) is 15.5. The highest BCUT2D eigenvalue weighted by atomic mass is 16.6. The molecule has 0 N–H and O–H groups in total. The number of nitro benzene ring substituents is 1. The van der Waals surface area contributed by atoms with E-state index in [0.29, 0.717) is 37.7 Å². The summed E-state index contributed by atoms with van der Waals surface area (Å²) in [4.78, 5) is 28.6. The van der Waals surface area contributed by atoms with Gasteiger partial charge in [-0.3, -0.25) is 19.9 Å². The number of benzene rings is 2. The van der Waals surface area contributed by atoms with Gasteiger partial charge in [0.05, 0.1) is 23.8 Å². The summed E-state index contributed by atoms with van der Waals surface area (Å²) in [7, 11) is 0. The van der Waals surface area contributed by atoms with Gasteiger partial charge in [0.1, 0.15) is 5.75 Å². The van der Waals surface area contributed by atoms with Crippen LogP contribution < -0.4 is 4.74 Å². The maximum absolute atomic E-state index is 12.1. The Morgan fingerprint density at radius 3 is 2.61 bits per heavy atom. The zero-order chi connectivity index (χ0) is 19.9. The average Bonchev–Trinajstić information content (AvgIpc) is 2.72. The Hall–Kier alpha value is -3.26. The molecule has 8 heteroatoms. The summed E-state index contributed by atoms with van der Waals surface area (Å²) in [5, 5.41) is 10.8. The first-order valence-corrected chi connectivity index (χ1v) is 8.90. The van der Waals surface area contributed by atoms with Gasteiger partial charge in [0.25, 0.3) is 11.6 Å². The molecule has 1 aliphatic rings. The number of aliphatic imine (C=N–C) groups is 1. The van der Waals surface area contributed by atoms with Crippen molar-refractivity contribution in [1.29, 1.82) is 0 Å². The second kappa shape index (κ2) is 9.09. The molecule has 3 rings (SSSR count). The van der Waals surface area contributed by atoms with Gasteiger partial charge in [-0.2, -0.15) is 0 Å². The molecule has 8 nitrogen and oxygen atoms in total. The summed E-state index contributed by atoms with van der Waals surface area (Å²) in [5.41, 5.74) is 2.29. The summed E-state index contributed by atoms with van der Waals surface area (Å²) in [6, 6.07) is 11.8. The topological polar surface area (TPSA) is 94.3 Å².